The quantitative estimate of drug-likeness (QED) is 0.757. The van der Waals surface area contributed by atoms with E-state index in [4.69, 9.17) is 0 Å². The second-order valence-electron chi connectivity index (χ2n) is 3.59. The third-order valence-electron chi connectivity index (χ3n) is 2.65. The van der Waals surface area contributed by atoms with Crippen LogP contribution in [-0.2, 0) is 6.54 Å². The summed E-state index contributed by atoms with van der Waals surface area (Å²) in [6, 6.07) is 0.603. The second kappa shape index (κ2) is 3.87. The zero-order valence-electron chi connectivity index (χ0n) is 8.03. The first kappa shape index (κ1) is 8.69. The zero-order valence-corrected chi connectivity index (χ0v) is 8.03. The lowest BCUT2D eigenvalue weighted by Crippen LogP contribution is -2.16. The molecular weight excluding hydrogens is 164 g/mol. The minimum absolute atomic E-state index is 0.603. The predicted molar refractivity (Wildman–Crippen MR) is 50.3 cm³/mol. The molecule has 0 unspecified atom stereocenters. The van der Waals surface area contributed by atoms with Crippen LogP contribution in [0.4, 0.5) is 0 Å². The smallest absolute Gasteiger partial charge is 0.141 e. The maximum Gasteiger partial charge on any atom is 0.141 e. The molecule has 0 atom stereocenters. The summed E-state index contributed by atoms with van der Waals surface area (Å²) in [7, 11) is 1.94. The van der Waals surface area contributed by atoms with Crippen molar-refractivity contribution >= 4 is 0 Å². The lowest BCUT2D eigenvalue weighted by atomic mass is 10.2. The summed E-state index contributed by atoms with van der Waals surface area (Å²) in [5, 5.41) is 7.39. The van der Waals surface area contributed by atoms with Gasteiger partial charge in [0, 0.05) is 0 Å². The summed E-state index contributed by atoms with van der Waals surface area (Å²) in [5.74, 6) is 1.06. The highest BCUT2D eigenvalue weighted by atomic mass is 15.4. The molecule has 0 radical (unpaired) electrons. The highest BCUT2D eigenvalue weighted by molar-refractivity contribution is 4.88. The van der Waals surface area contributed by atoms with Crippen LogP contribution >= 0.6 is 0 Å². The molecule has 1 aromatic heterocycles. The van der Waals surface area contributed by atoms with E-state index in [0.29, 0.717) is 6.04 Å². The SMILES string of the molecule is CNCc1ncnn1C1CCCC1. The number of hydrogen-bond donors (Lipinski definition) is 1. The van der Waals surface area contributed by atoms with Crippen molar-refractivity contribution in [1.29, 1.82) is 0 Å². The first-order chi connectivity index (χ1) is 6.42. The average molecular weight is 180 g/mol. The fourth-order valence-electron chi connectivity index (χ4n) is 2.01. The van der Waals surface area contributed by atoms with Gasteiger partial charge in [0.15, 0.2) is 0 Å². The van der Waals surface area contributed by atoms with Gasteiger partial charge in [0.05, 0.1) is 12.6 Å². The molecule has 2 rings (SSSR count). The number of nitrogens with one attached hydrogen (secondary N) is 1. The van der Waals surface area contributed by atoms with E-state index in [1.807, 2.05) is 7.05 Å². The largest absolute Gasteiger partial charge is 0.313 e. The Balaban J connectivity index is 2.13. The lowest BCUT2D eigenvalue weighted by Gasteiger charge is -2.12. The number of hydrogen-bond acceptors (Lipinski definition) is 3. The second-order valence-corrected chi connectivity index (χ2v) is 3.59. The molecule has 72 valence electrons. The van der Waals surface area contributed by atoms with Gasteiger partial charge in [0.2, 0.25) is 0 Å². The van der Waals surface area contributed by atoms with Gasteiger partial charge >= 0.3 is 0 Å². The Kier molecular flexibility index (Phi) is 2.59. The third kappa shape index (κ3) is 1.72. The normalized spacial score (nSPS) is 18.2. The standard InChI is InChI=1S/C9H16N4/c1-10-6-9-11-7-12-13(9)8-4-2-3-5-8/h7-8,10H,2-6H2,1H3. The topological polar surface area (TPSA) is 42.7 Å². The lowest BCUT2D eigenvalue weighted by molar-refractivity contribution is 0.442. The Morgan fingerprint density at radius 2 is 2.31 bits per heavy atom. The van der Waals surface area contributed by atoms with E-state index in [-0.39, 0.29) is 0 Å². The maximum atomic E-state index is 4.28. The van der Waals surface area contributed by atoms with E-state index < -0.39 is 0 Å². The van der Waals surface area contributed by atoms with Crippen LogP contribution in [0.5, 0.6) is 0 Å². The predicted octanol–water partition coefficient (Wildman–Crippen LogP) is 1.11. The molecule has 1 fully saturated rings. The first-order valence-corrected chi connectivity index (χ1v) is 4.95. The Hall–Kier alpha value is -0.900. The monoisotopic (exact) mass is 180 g/mol. The highest BCUT2D eigenvalue weighted by Crippen LogP contribution is 2.29. The maximum absolute atomic E-state index is 4.28. The molecule has 0 amide bonds. The molecule has 0 saturated heterocycles. The van der Waals surface area contributed by atoms with Gasteiger partial charge in [0.25, 0.3) is 0 Å². The summed E-state index contributed by atoms with van der Waals surface area (Å²) >= 11 is 0. The van der Waals surface area contributed by atoms with Crippen molar-refractivity contribution in [3.8, 4) is 0 Å². The van der Waals surface area contributed by atoms with Crippen molar-refractivity contribution in [2.75, 3.05) is 7.05 Å². The van der Waals surface area contributed by atoms with Gasteiger partial charge in [-0.2, -0.15) is 5.10 Å². The van der Waals surface area contributed by atoms with E-state index in [9.17, 15) is 0 Å². The summed E-state index contributed by atoms with van der Waals surface area (Å²) in [4.78, 5) is 4.24. The minimum Gasteiger partial charge on any atom is -0.313 e. The average Bonchev–Trinajstić information content (AvgIpc) is 2.71. The van der Waals surface area contributed by atoms with Crippen LogP contribution in [0, 0.1) is 0 Å². The van der Waals surface area contributed by atoms with Crippen LogP contribution in [0.3, 0.4) is 0 Å². The number of nitrogens with zero attached hydrogens (tertiary/aromatic N) is 3. The summed E-state index contributed by atoms with van der Waals surface area (Å²) in [6.07, 6.45) is 6.86. The van der Waals surface area contributed by atoms with Crippen LogP contribution in [0.25, 0.3) is 0 Å². The molecule has 1 aromatic rings. The van der Waals surface area contributed by atoms with Gasteiger partial charge in [0.1, 0.15) is 12.2 Å². The van der Waals surface area contributed by atoms with Gasteiger partial charge in [-0.05, 0) is 19.9 Å². The van der Waals surface area contributed by atoms with Crippen LogP contribution in [0.2, 0.25) is 0 Å². The molecule has 0 aliphatic heterocycles. The van der Waals surface area contributed by atoms with Crippen molar-refractivity contribution < 1.29 is 0 Å². The van der Waals surface area contributed by atoms with Crippen molar-refractivity contribution in [3.63, 3.8) is 0 Å². The van der Waals surface area contributed by atoms with Crippen LogP contribution in [0.1, 0.15) is 37.5 Å². The molecule has 13 heavy (non-hydrogen) atoms. The Morgan fingerprint density at radius 3 is 3.00 bits per heavy atom. The summed E-state index contributed by atoms with van der Waals surface area (Å²) in [6.45, 7) is 0.816. The zero-order chi connectivity index (χ0) is 9.10. The number of aromatic nitrogens is 3. The fourth-order valence-corrected chi connectivity index (χ4v) is 2.01. The molecule has 4 heteroatoms. The van der Waals surface area contributed by atoms with Crippen LogP contribution in [0.15, 0.2) is 6.33 Å². The van der Waals surface area contributed by atoms with Crippen molar-refractivity contribution in [1.82, 2.24) is 20.1 Å². The van der Waals surface area contributed by atoms with E-state index in [2.05, 4.69) is 20.1 Å². The van der Waals surface area contributed by atoms with E-state index in [0.717, 1.165) is 12.4 Å². The molecule has 4 nitrogen and oxygen atoms in total. The van der Waals surface area contributed by atoms with Crippen molar-refractivity contribution in [2.45, 2.75) is 38.3 Å². The summed E-state index contributed by atoms with van der Waals surface area (Å²) in [5.41, 5.74) is 0. The van der Waals surface area contributed by atoms with E-state index >= 15 is 0 Å². The van der Waals surface area contributed by atoms with Crippen molar-refractivity contribution in [3.05, 3.63) is 12.2 Å². The first-order valence-electron chi connectivity index (χ1n) is 4.95. The van der Waals surface area contributed by atoms with Crippen molar-refractivity contribution in [2.24, 2.45) is 0 Å². The summed E-state index contributed by atoms with van der Waals surface area (Å²) < 4.78 is 2.09. The molecule has 0 bridgehead atoms. The van der Waals surface area contributed by atoms with Gasteiger partial charge in [-0.3, -0.25) is 0 Å². The molecule has 1 aliphatic rings. The highest BCUT2D eigenvalue weighted by Gasteiger charge is 2.19. The van der Waals surface area contributed by atoms with Gasteiger partial charge < -0.3 is 5.32 Å². The number of rotatable bonds is 3. The fraction of sp³-hybridized carbons (Fsp3) is 0.778. The van der Waals surface area contributed by atoms with Crippen LogP contribution < -0.4 is 5.32 Å². The third-order valence-corrected chi connectivity index (χ3v) is 2.65. The van der Waals surface area contributed by atoms with E-state index in [1.54, 1.807) is 6.33 Å². The molecular formula is C9H16N4. The van der Waals surface area contributed by atoms with Crippen LogP contribution in [-0.4, -0.2) is 21.8 Å². The molecule has 0 spiro atoms. The molecule has 1 aliphatic carbocycles. The minimum atomic E-state index is 0.603. The molecule has 1 N–H and O–H groups in total. The Bertz CT molecular complexity index is 262. The molecule has 1 heterocycles. The molecule has 1 saturated carbocycles. The molecule has 0 aromatic carbocycles. The van der Waals surface area contributed by atoms with Gasteiger partial charge in [-0.15, -0.1) is 0 Å². The Morgan fingerprint density at radius 1 is 1.54 bits per heavy atom. The van der Waals surface area contributed by atoms with Gasteiger partial charge in [-0.1, -0.05) is 12.8 Å². The van der Waals surface area contributed by atoms with Gasteiger partial charge in [-0.25, -0.2) is 9.67 Å². The Labute approximate surface area is 78.4 Å². The van der Waals surface area contributed by atoms with E-state index in [1.165, 1.54) is 25.7 Å².